The Hall–Kier alpha value is -1.66. The van der Waals surface area contributed by atoms with Gasteiger partial charge in [0.15, 0.2) is 0 Å². The number of nitrogens with zero attached hydrogens (tertiary/aromatic N) is 1. The maximum absolute atomic E-state index is 11.6. The first-order valence-electron chi connectivity index (χ1n) is 6.01. The van der Waals surface area contributed by atoms with Crippen LogP contribution in [-0.2, 0) is 4.79 Å². The van der Waals surface area contributed by atoms with Crippen molar-refractivity contribution in [2.75, 3.05) is 18.4 Å². The van der Waals surface area contributed by atoms with Gasteiger partial charge in [0, 0.05) is 12.1 Å². The van der Waals surface area contributed by atoms with E-state index in [1.165, 1.54) is 31.0 Å². The van der Waals surface area contributed by atoms with Crippen molar-refractivity contribution in [3.05, 3.63) is 33.3 Å². The van der Waals surface area contributed by atoms with Crippen LogP contribution in [0.2, 0.25) is 5.02 Å². The molecule has 2 rings (SSSR count). The van der Waals surface area contributed by atoms with E-state index in [4.69, 9.17) is 11.6 Å². The number of non-ortho nitro benzene ring substituents is 1. The standard InChI is InChI=1S/C12H14ClN3O3/c13-10-5-9(16(18)19)3-4-11(10)15-12(17)7-14-6-8-1-2-8/h3-5,8,14H,1-2,6-7H2,(H,15,17). The quantitative estimate of drug-likeness (QED) is 0.619. The number of nitro groups is 1. The topological polar surface area (TPSA) is 84.3 Å². The Bertz CT molecular complexity index is 503. The lowest BCUT2D eigenvalue weighted by atomic mass is 10.3. The summed E-state index contributed by atoms with van der Waals surface area (Å²) in [5.74, 6) is 0.493. The number of carbonyl (C=O) groups is 1. The van der Waals surface area contributed by atoms with E-state index >= 15 is 0 Å². The van der Waals surface area contributed by atoms with Gasteiger partial charge in [0.05, 0.1) is 22.2 Å². The maximum Gasteiger partial charge on any atom is 0.271 e. The molecule has 1 aromatic carbocycles. The number of hydrogen-bond acceptors (Lipinski definition) is 4. The normalized spacial score (nSPS) is 14.2. The Balaban J connectivity index is 1.86. The molecule has 1 saturated carbocycles. The van der Waals surface area contributed by atoms with Crippen molar-refractivity contribution in [1.82, 2.24) is 5.32 Å². The number of nitrogens with one attached hydrogen (secondary N) is 2. The van der Waals surface area contributed by atoms with E-state index in [2.05, 4.69) is 10.6 Å². The second-order valence-electron chi connectivity index (χ2n) is 4.54. The van der Waals surface area contributed by atoms with E-state index in [9.17, 15) is 14.9 Å². The first-order valence-corrected chi connectivity index (χ1v) is 6.38. The molecular formula is C12H14ClN3O3. The van der Waals surface area contributed by atoms with Gasteiger partial charge in [0.2, 0.25) is 5.91 Å². The number of amides is 1. The molecule has 7 heteroatoms. The fraction of sp³-hybridized carbons (Fsp3) is 0.417. The second-order valence-corrected chi connectivity index (χ2v) is 4.95. The molecule has 1 aliphatic rings. The molecule has 1 amide bonds. The Kier molecular flexibility index (Phi) is 4.34. The molecule has 1 aliphatic carbocycles. The van der Waals surface area contributed by atoms with Gasteiger partial charge in [-0.3, -0.25) is 14.9 Å². The number of nitro benzene ring substituents is 1. The van der Waals surface area contributed by atoms with Crippen molar-refractivity contribution in [1.29, 1.82) is 0 Å². The average Bonchev–Trinajstić information content (AvgIpc) is 3.15. The molecule has 0 saturated heterocycles. The fourth-order valence-corrected chi connectivity index (χ4v) is 1.85. The molecule has 6 nitrogen and oxygen atoms in total. The summed E-state index contributed by atoms with van der Waals surface area (Å²) in [4.78, 5) is 21.6. The van der Waals surface area contributed by atoms with Crippen molar-refractivity contribution in [2.24, 2.45) is 5.92 Å². The summed E-state index contributed by atoms with van der Waals surface area (Å²) in [7, 11) is 0. The molecule has 0 unspecified atom stereocenters. The van der Waals surface area contributed by atoms with E-state index in [0.29, 0.717) is 11.6 Å². The molecule has 102 valence electrons. The summed E-state index contributed by atoms with van der Waals surface area (Å²) < 4.78 is 0. The fourth-order valence-electron chi connectivity index (χ4n) is 1.63. The predicted molar refractivity (Wildman–Crippen MR) is 72.3 cm³/mol. The molecule has 0 aromatic heterocycles. The van der Waals surface area contributed by atoms with Gasteiger partial charge in [-0.15, -0.1) is 0 Å². The minimum Gasteiger partial charge on any atom is -0.324 e. The summed E-state index contributed by atoms with van der Waals surface area (Å²) in [6.45, 7) is 1.06. The molecule has 19 heavy (non-hydrogen) atoms. The molecule has 0 radical (unpaired) electrons. The largest absolute Gasteiger partial charge is 0.324 e. The second kappa shape index (κ2) is 5.99. The van der Waals surface area contributed by atoms with Crippen molar-refractivity contribution < 1.29 is 9.72 Å². The maximum atomic E-state index is 11.6. The molecule has 1 fully saturated rings. The van der Waals surface area contributed by atoms with Crippen LogP contribution < -0.4 is 10.6 Å². The zero-order valence-corrected chi connectivity index (χ0v) is 10.9. The highest BCUT2D eigenvalue weighted by atomic mass is 35.5. The molecular weight excluding hydrogens is 270 g/mol. The van der Waals surface area contributed by atoms with Crippen molar-refractivity contribution in [3.8, 4) is 0 Å². The Morgan fingerprint density at radius 3 is 2.79 bits per heavy atom. The van der Waals surface area contributed by atoms with E-state index in [1.807, 2.05) is 0 Å². The Morgan fingerprint density at radius 1 is 1.47 bits per heavy atom. The van der Waals surface area contributed by atoms with Crippen LogP contribution >= 0.6 is 11.6 Å². The Morgan fingerprint density at radius 2 is 2.21 bits per heavy atom. The minimum absolute atomic E-state index is 0.102. The van der Waals surface area contributed by atoms with Crippen molar-refractivity contribution in [2.45, 2.75) is 12.8 Å². The van der Waals surface area contributed by atoms with Crippen LogP contribution in [0.15, 0.2) is 18.2 Å². The summed E-state index contributed by atoms with van der Waals surface area (Å²) in [6.07, 6.45) is 2.45. The third-order valence-electron chi connectivity index (χ3n) is 2.85. The number of benzene rings is 1. The van der Waals surface area contributed by atoms with Crippen LogP contribution in [0.5, 0.6) is 0 Å². The van der Waals surface area contributed by atoms with Gasteiger partial charge in [-0.1, -0.05) is 11.6 Å². The van der Waals surface area contributed by atoms with E-state index in [-0.39, 0.29) is 23.2 Å². The molecule has 0 bridgehead atoms. The monoisotopic (exact) mass is 283 g/mol. The number of hydrogen-bond donors (Lipinski definition) is 2. The van der Waals surface area contributed by atoms with Gasteiger partial charge in [0.1, 0.15) is 0 Å². The van der Waals surface area contributed by atoms with Crippen molar-refractivity contribution >= 4 is 28.9 Å². The highest BCUT2D eigenvalue weighted by Crippen LogP contribution is 2.28. The summed E-state index contributed by atoms with van der Waals surface area (Å²) in [5.41, 5.74) is 0.278. The van der Waals surface area contributed by atoms with Crippen LogP contribution in [-0.4, -0.2) is 23.9 Å². The minimum atomic E-state index is -0.533. The van der Waals surface area contributed by atoms with Gasteiger partial charge in [0.25, 0.3) is 5.69 Å². The third-order valence-corrected chi connectivity index (χ3v) is 3.17. The number of carbonyl (C=O) groups excluding carboxylic acids is 1. The molecule has 0 heterocycles. The molecule has 0 spiro atoms. The lowest BCUT2D eigenvalue weighted by molar-refractivity contribution is -0.384. The lowest BCUT2D eigenvalue weighted by Crippen LogP contribution is -2.29. The zero-order valence-electron chi connectivity index (χ0n) is 10.2. The smallest absolute Gasteiger partial charge is 0.271 e. The molecule has 2 N–H and O–H groups in total. The number of anilines is 1. The summed E-state index contributed by atoms with van der Waals surface area (Å²) in [5, 5.41) is 16.4. The SMILES string of the molecule is O=C(CNCC1CC1)Nc1ccc([N+](=O)[O-])cc1Cl. The average molecular weight is 284 g/mol. The first kappa shape index (κ1) is 13.8. The van der Waals surface area contributed by atoms with Crippen LogP contribution in [0.1, 0.15) is 12.8 Å². The first-order chi connectivity index (χ1) is 9.06. The van der Waals surface area contributed by atoms with E-state index < -0.39 is 4.92 Å². The zero-order chi connectivity index (χ0) is 13.8. The third kappa shape index (κ3) is 4.18. The van der Waals surface area contributed by atoms with Crippen LogP contribution in [0.25, 0.3) is 0 Å². The van der Waals surface area contributed by atoms with Gasteiger partial charge < -0.3 is 10.6 Å². The van der Waals surface area contributed by atoms with E-state index in [1.54, 1.807) is 0 Å². The molecule has 0 atom stereocenters. The van der Waals surface area contributed by atoms with Gasteiger partial charge in [-0.05, 0) is 31.4 Å². The highest BCUT2D eigenvalue weighted by molar-refractivity contribution is 6.34. The summed E-state index contributed by atoms with van der Waals surface area (Å²) >= 11 is 5.87. The Labute approximate surface area is 115 Å². The van der Waals surface area contributed by atoms with Crippen LogP contribution in [0, 0.1) is 16.0 Å². The lowest BCUT2D eigenvalue weighted by Gasteiger charge is -2.07. The van der Waals surface area contributed by atoms with Gasteiger partial charge in [-0.25, -0.2) is 0 Å². The predicted octanol–water partition coefficient (Wildman–Crippen LogP) is 2.19. The van der Waals surface area contributed by atoms with Crippen LogP contribution in [0.4, 0.5) is 11.4 Å². The number of rotatable bonds is 6. The number of halogens is 1. The van der Waals surface area contributed by atoms with Gasteiger partial charge in [-0.2, -0.15) is 0 Å². The van der Waals surface area contributed by atoms with Crippen LogP contribution in [0.3, 0.4) is 0 Å². The molecule has 1 aromatic rings. The van der Waals surface area contributed by atoms with Gasteiger partial charge >= 0.3 is 0 Å². The van der Waals surface area contributed by atoms with E-state index in [0.717, 1.165) is 6.54 Å². The van der Waals surface area contributed by atoms with Crippen molar-refractivity contribution in [3.63, 3.8) is 0 Å². The summed E-state index contributed by atoms with van der Waals surface area (Å²) in [6, 6.07) is 3.95. The highest BCUT2D eigenvalue weighted by Gasteiger charge is 2.20. The molecule has 0 aliphatic heterocycles.